The molecular formula is C36H38O5. The molecule has 0 heterocycles. The van der Waals surface area contributed by atoms with Gasteiger partial charge < -0.3 is 14.2 Å². The average Bonchev–Trinajstić information content (AvgIpc) is 2.92. The van der Waals surface area contributed by atoms with Crippen molar-refractivity contribution in [1.29, 1.82) is 0 Å². The number of ether oxygens (including phenoxy) is 3. The van der Waals surface area contributed by atoms with Crippen LogP contribution >= 0.6 is 0 Å². The average molecular weight is 551 g/mol. The van der Waals surface area contributed by atoms with Crippen molar-refractivity contribution in [3.05, 3.63) is 119 Å². The maximum absolute atomic E-state index is 12.7. The summed E-state index contributed by atoms with van der Waals surface area (Å²) < 4.78 is 17.4. The summed E-state index contributed by atoms with van der Waals surface area (Å²) in [5.74, 6) is 2.31. The van der Waals surface area contributed by atoms with E-state index in [1.807, 2.05) is 77.9 Å². The van der Waals surface area contributed by atoms with Gasteiger partial charge in [-0.25, -0.2) is 4.79 Å². The minimum absolute atomic E-state index is 0.0768. The number of benzene rings is 4. The number of rotatable bonds is 8. The Hall–Kier alpha value is -4.38. The Morgan fingerprint density at radius 2 is 0.976 bits per heavy atom. The number of carbonyl (C=O) groups excluding carboxylic acids is 2. The lowest BCUT2D eigenvalue weighted by Gasteiger charge is -2.22. The normalized spacial score (nSPS) is 12.4. The van der Waals surface area contributed by atoms with Gasteiger partial charge in [0.1, 0.15) is 28.6 Å². The topological polar surface area (TPSA) is 61.8 Å². The molecule has 0 saturated heterocycles. The Morgan fingerprint density at radius 1 is 0.561 bits per heavy atom. The number of hydrogen-bond acceptors (Lipinski definition) is 5. The molecule has 0 fully saturated rings. The van der Waals surface area contributed by atoms with Crippen LogP contribution in [0.5, 0.6) is 23.0 Å². The van der Waals surface area contributed by atoms with Gasteiger partial charge in [-0.1, -0.05) is 52.0 Å². The van der Waals surface area contributed by atoms with Crippen LogP contribution in [-0.4, -0.2) is 17.4 Å². The molecule has 5 nitrogen and oxygen atoms in total. The smallest absolute Gasteiger partial charge is 0.343 e. The number of ketones is 1. The molecule has 0 radical (unpaired) electrons. The molecule has 41 heavy (non-hydrogen) atoms. The Morgan fingerprint density at radius 3 is 1.41 bits per heavy atom. The van der Waals surface area contributed by atoms with Gasteiger partial charge in [-0.2, -0.15) is 0 Å². The van der Waals surface area contributed by atoms with Crippen LogP contribution in [0.25, 0.3) is 0 Å². The Bertz CT molecular complexity index is 1470. The molecule has 1 atom stereocenters. The maximum Gasteiger partial charge on any atom is 0.343 e. The zero-order valence-electron chi connectivity index (χ0n) is 24.9. The highest BCUT2D eigenvalue weighted by molar-refractivity contribution is 5.99. The second kappa shape index (κ2) is 12.0. The Balaban J connectivity index is 1.33. The van der Waals surface area contributed by atoms with E-state index in [1.54, 1.807) is 48.5 Å². The van der Waals surface area contributed by atoms with Crippen LogP contribution in [-0.2, 0) is 0 Å². The monoisotopic (exact) mass is 550 g/mol. The minimum atomic E-state index is -0.447. The van der Waals surface area contributed by atoms with Gasteiger partial charge in [0.05, 0.1) is 5.56 Å². The van der Waals surface area contributed by atoms with Crippen molar-refractivity contribution < 1.29 is 23.8 Å². The first kappa shape index (κ1) is 29.6. The van der Waals surface area contributed by atoms with E-state index in [2.05, 4.69) is 19.1 Å². The summed E-state index contributed by atoms with van der Waals surface area (Å²) in [5.41, 5.74) is 2.67. The minimum Gasteiger partial charge on any atom is -0.488 e. The highest BCUT2D eigenvalue weighted by atomic mass is 16.5. The lowest BCUT2D eigenvalue weighted by molar-refractivity contribution is 0.0734. The predicted octanol–water partition coefficient (Wildman–Crippen LogP) is 9.26. The van der Waals surface area contributed by atoms with E-state index in [0.717, 1.165) is 11.3 Å². The summed E-state index contributed by atoms with van der Waals surface area (Å²) in [6.07, 6.45) is 0. The molecule has 0 aliphatic carbocycles. The van der Waals surface area contributed by atoms with E-state index < -0.39 is 11.4 Å². The van der Waals surface area contributed by atoms with E-state index in [1.165, 1.54) is 5.56 Å². The van der Waals surface area contributed by atoms with Gasteiger partial charge in [0.25, 0.3) is 0 Å². The number of carbonyl (C=O) groups is 2. The van der Waals surface area contributed by atoms with Crippen molar-refractivity contribution in [3.8, 4) is 23.0 Å². The van der Waals surface area contributed by atoms with Crippen LogP contribution in [0.1, 0.15) is 86.2 Å². The molecule has 4 rings (SSSR count). The van der Waals surface area contributed by atoms with Gasteiger partial charge in [0.15, 0.2) is 5.78 Å². The summed E-state index contributed by atoms with van der Waals surface area (Å²) >= 11 is 0. The fraction of sp³-hybridized carbons (Fsp3) is 0.278. The van der Waals surface area contributed by atoms with Crippen LogP contribution in [0.4, 0.5) is 0 Å². The molecule has 0 saturated carbocycles. The van der Waals surface area contributed by atoms with Gasteiger partial charge in [-0.15, -0.1) is 0 Å². The molecule has 1 unspecified atom stereocenters. The molecule has 0 aliphatic heterocycles. The van der Waals surface area contributed by atoms with Gasteiger partial charge in [0.2, 0.25) is 0 Å². The summed E-state index contributed by atoms with van der Waals surface area (Å²) in [7, 11) is 0. The molecular weight excluding hydrogens is 512 g/mol. The van der Waals surface area contributed by atoms with Crippen molar-refractivity contribution in [2.24, 2.45) is 5.41 Å². The van der Waals surface area contributed by atoms with Crippen molar-refractivity contribution in [2.45, 2.75) is 60.0 Å². The summed E-state index contributed by atoms with van der Waals surface area (Å²) in [5, 5.41) is 0. The molecule has 0 bridgehead atoms. The predicted molar refractivity (Wildman–Crippen MR) is 162 cm³/mol. The van der Waals surface area contributed by atoms with E-state index in [4.69, 9.17) is 14.2 Å². The van der Waals surface area contributed by atoms with Crippen LogP contribution in [0, 0.1) is 5.41 Å². The third kappa shape index (κ3) is 8.07. The first-order valence-corrected chi connectivity index (χ1v) is 13.8. The zero-order valence-corrected chi connectivity index (χ0v) is 24.9. The van der Waals surface area contributed by atoms with Gasteiger partial charge in [0, 0.05) is 16.9 Å². The van der Waals surface area contributed by atoms with Crippen molar-refractivity contribution in [1.82, 2.24) is 0 Å². The van der Waals surface area contributed by atoms with Gasteiger partial charge >= 0.3 is 5.97 Å². The fourth-order valence-electron chi connectivity index (χ4n) is 4.26. The van der Waals surface area contributed by atoms with Crippen LogP contribution in [0.3, 0.4) is 0 Å². The number of esters is 1. The Kier molecular flexibility index (Phi) is 8.67. The highest BCUT2D eigenvalue weighted by Gasteiger charge is 2.22. The molecule has 212 valence electrons. The molecule has 4 aromatic carbocycles. The van der Waals surface area contributed by atoms with Gasteiger partial charge in [-0.3, -0.25) is 4.79 Å². The van der Waals surface area contributed by atoms with Crippen LogP contribution < -0.4 is 14.2 Å². The van der Waals surface area contributed by atoms with E-state index in [9.17, 15) is 9.59 Å². The number of Topliss-reactive ketones (excluding diaryl/α,β-unsaturated/α-hetero) is 1. The molecule has 0 spiro atoms. The second-order valence-electron chi connectivity index (χ2n) is 12.2. The zero-order chi connectivity index (χ0) is 29.8. The molecule has 0 aromatic heterocycles. The van der Waals surface area contributed by atoms with Crippen LogP contribution in [0.2, 0.25) is 0 Å². The first-order chi connectivity index (χ1) is 19.3. The maximum atomic E-state index is 12.7. The molecule has 5 heteroatoms. The largest absolute Gasteiger partial charge is 0.488 e. The van der Waals surface area contributed by atoms with E-state index >= 15 is 0 Å². The van der Waals surface area contributed by atoms with Crippen molar-refractivity contribution >= 4 is 11.8 Å². The Labute approximate surface area is 243 Å². The molecule has 0 N–H and O–H groups in total. The second-order valence-corrected chi connectivity index (χ2v) is 12.2. The third-order valence-electron chi connectivity index (χ3n) is 6.52. The molecule has 0 amide bonds. The first-order valence-electron chi connectivity index (χ1n) is 13.8. The standard InChI is InChI=1S/C36H38O5/c1-24(26-10-22-32(23-11-26)41-36(5,6)7)25-8-16-31(17-9-25)40-34(38)28-14-20-30(21-15-28)39-29-18-12-27(13-19-29)33(37)35(2,3)4/h8-24H,1-7H3. The van der Waals surface area contributed by atoms with Crippen LogP contribution in [0.15, 0.2) is 97.1 Å². The number of hydrogen-bond donors (Lipinski definition) is 0. The van der Waals surface area contributed by atoms with Gasteiger partial charge in [-0.05, 0) is 105 Å². The van der Waals surface area contributed by atoms with Crippen molar-refractivity contribution in [2.75, 3.05) is 0 Å². The molecule has 4 aromatic rings. The lowest BCUT2D eigenvalue weighted by Crippen LogP contribution is -2.22. The lowest BCUT2D eigenvalue weighted by atomic mass is 9.86. The third-order valence-corrected chi connectivity index (χ3v) is 6.52. The fourth-order valence-corrected chi connectivity index (χ4v) is 4.26. The van der Waals surface area contributed by atoms with Crippen molar-refractivity contribution in [3.63, 3.8) is 0 Å². The SMILES string of the molecule is CC(c1ccc(OC(=O)c2ccc(Oc3ccc(C(=O)C(C)(C)C)cc3)cc2)cc1)c1ccc(OC(C)(C)C)cc1. The molecule has 0 aliphatic rings. The summed E-state index contributed by atoms with van der Waals surface area (Å²) in [6, 6.07) is 29.5. The van der Waals surface area contributed by atoms with E-state index in [0.29, 0.717) is 28.4 Å². The van der Waals surface area contributed by atoms with E-state index in [-0.39, 0.29) is 17.3 Å². The quantitative estimate of drug-likeness (QED) is 0.124. The highest BCUT2D eigenvalue weighted by Crippen LogP contribution is 2.29. The summed E-state index contributed by atoms with van der Waals surface area (Å²) in [4.78, 5) is 25.2. The summed E-state index contributed by atoms with van der Waals surface area (Å²) in [6.45, 7) is 13.9.